The fourth-order valence-electron chi connectivity index (χ4n) is 1.85. The molecule has 0 spiro atoms. The lowest BCUT2D eigenvalue weighted by atomic mass is 10.2. The molecule has 0 saturated heterocycles. The van der Waals surface area contributed by atoms with Crippen LogP contribution in [0.3, 0.4) is 0 Å². The number of rotatable bonds is 5. The van der Waals surface area contributed by atoms with E-state index < -0.39 is 0 Å². The second-order valence-electron chi connectivity index (χ2n) is 4.39. The van der Waals surface area contributed by atoms with Crippen LogP contribution in [-0.4, -0.2) is 12.5 Å². The molecular weight excluding hydrogens is 321 g/mol. The van der Waals surface area contributed by atoms with Gasteiger partial charge in [-0.05, 0) is 37.3 Å². The van der Waals surface area contributed by atoms with Gasteiger partial charge in [-0.1, -0.05) is 41.4 Å². The molecule has 0 aliphatic heterocycles. The number of nitrogens with one attached hydrogen (secondary N) is 1. The van der Waals surface area contributed by atoms with E-state index >= 15 is 0 Å². The van der Waals surface area contributed by atoms with Crippen molar-refractivity contribution in [3.05, 3.63) is 64.1 Å². The number of carbonyl (C=O) groups is 1. The molecular formula is C17H15Cl2NO2. The third-order valence-electron chi connectivity index (χ3n) is 2.85. The summed E-state index contributed by atoms with van der Waals surface area (Å²) >= 11 is 12.1. The number of benzene rings is 2. The molecule has 1 N–H and O–H groups in total. The lowest BCUT2D eigenvalue weighted by Crippen LogP contribution is -2.09. The van der Waals surface area contributed by atoms with Crippen LogP contribution in [0, 0.1) is 0 Å². The van der Waals surface area contributed by atoms with Crippen molar-refractivity contribution in [3.63, 3.8) is 0 Å². The molecule has 0 radical (unpaired) electrons. The van der Waals surface area contributed by atoms with Crippen LogP contribution >= 0.6 is 23.2 Å². The van der Waals surface area contributed by atoms with Crippen molar-refractivity contribution in [2.75, 3.05) is 11.9 Å². The predicted molar refractivity (Wildman–Crippen MR) is 91.7 cm³/mol. The predicted octanol–water partition coefficient (Wildman–Crippen LogP) is 5.04. The Labute approximate surface area is 139 Å². The van der Waals surface area contributed by atoms with E-state index in [0.717, 1.165) is 0 Å². The van der Waals surface area contributed by atoms with E-state index in [2.05, 4.69) is 5.32 Å². The monoisotopic (exact) mass is 335 g/mol. The van der Waals surface area contributed by atoms with Gasteiger partial charge in [0, 0.05) is 21.7 Å². The number of hydrogen-bond acceptors (Lipinski definition) is 2. The smallest absolute Gasteiger partial charge is 0.248 e. The molecule has 0 aliphatic carbocycles. The molecule has 0 heterocycles. The minimum atomic E-state index is -0.289. The molecule has 0 aromatic heterocycles. The Hall–Kier alpha value is -1.97. The highest BCUT2D eigenvalue weighted by molar-refractivity contribution is 6.37. The van der Waals surface area contributed by atoms with Crippen LogP contribution in [0.4, 0.5) is 5.69 Å². The number of halogens is 2. The summed E-state index contributed by atoms with van der Waals surface area (Å²) in [5.41, 5.74) is 1.23. The largest absolute Gasteiger partial charge is 0.492 e. The highest BCUT2D eigenvalue weighted by Gasteiger charge is 2.06. The van der Waals surface area contributed by atoms with Crippen LogP contribution in [-0.2, 0) is 4.79 Å². The third kappa shape index (κ3) is 4.26. The minimum Gasteiger partial charge on any atom is -0.492 e. The highest BCUT2D eigenvalue weighted by atomic mass is 35.5. The van der Waals surface area contributed by atoms with Crippen molar-refractivity contribution >= 4 is 40.9 Å². The van der Waals surface area contributed by atoms with Crippen LogP contribution < -0.4 is 10.1 Å². The first-order valence-corrected chi connectivity index (χ1v) is 7.52. The number of hydrogen-bond donors (Lipinski definition) is 1. The molecule has 0 unspecified atom stereocenters. The maximum Gasteiger partial charge on any atom is 0.248 e. The van der Waals surface area contributed by atoms with Gasteiger partial charge in [0.25, 0.3) is 0 Å². The molecule has 0 fully saturated rings. The van der Waals surface area contributed by atoms with Gasteiger partial charge >= 0.3 is 0 Å². The number of para-hydroxylation sites is 2. The van der Waals surface area contributed by atoms with Gasteiger partial charge in [0.05, 0.1) is 12.3 Å². The van der Waals surface area contributed by atoms with Crippen molar-refractivity contribution < 1.29 is 9.53 Å². The first-order valence-electron chi connectivity index (χ1n) is 6.76. The first kappa shape index (κ1) is 16.4. The average molecular weight is 336 g/mol. The van der Waals surface area contributed by atoms with Crippen molar-refractivity contribution in [1.29, 1.82) is 0 Å². The Kier molecular flexibility index (Phi) is 5.87. The third-order valence-corrected chi connectivity index (χ3v) is 3.51. The lowest BCUT2D eigenvalue weighted by Gasteiger charge is -2.09. The zero-order valence-corrected chi connectivity index (χ0v) is 13.5. The second-order valence-corrected chi connectivity index (χ2v) is 5.20. The molecule has 114 valence electrons. The topological polar surface area (TPSA) is 38.3 Å². The van der Waals surface area contributed by atoms with E-state index in [0.29, 0.717) is 33.7 Å². The van der Waals surface area contributed by atoms with Crippen LogP contribution in [0.25, 0.3) is 6.08 Å². The number of anilines is 1. The number of carbonyl (C=O) groups excluding carboxylic acids is 1. The van der Waals surface area contributed by atoms with Crippen LogP contribution in [0.1, 0.15) is 12.5 Å². The van der Waals surface area contributed by atoms with Crippen molar-refractivity contribution in [3.8, 4) is 5.75 Å². The summed E-state index contributed by atoms with van der Waals surface area (Å²) in [5, 5.41) is 3.75. The van der Waals surface area contributed by atoms with Crippen molar-refractivity contribution in [1.82, 2.24) is 0 Å². The summed E-state index contributed by atoms with van der Waals surface area (Å²) in [5.74, 6) is 0.339. The summed E-state index contributed by atoms with van der Waals surface area (Å²) in [6.07, 6.45) is 2.97. The Bertz CT molecular complexity index is 679. The average Bonchev–Trinajstić information content (AvgIpc) is 2.49. The summed E-state index contributed by atoms with van der Waals surface area (Å²) in [6.45, 7) is 2.41. The van der Waals surface area contributed by atoms with Crippen molar-refractivity contribution in [2.45, 2.75) is 6.92 Å². The van der Waals surface area contributed by atoms with E-state index in [9.17, 15) is 4.79 Å². The molecule has 1 amide bonds. The standard InChI is InChI=1S/C17H15Cl2NO2/c1-2-22-16-9-4-3-8-15(16)20-17(21)11-10-12-13(18)6-5-7-14(12)19/h3-11H,2H2,1H3,(H,20,21)/b11-10+. The molecule has 0 atom stereocenters. The zero-order chi connectivity index (χ0) is 15.9. The van der Waals surface area contributed by atoms with Gasteiger partial charge in [-0.3, -0.25) is 4.79 Å². The lowest BCUT2D eigenvalue weighted by molar-refractivity contribution is -0.111. The van der Waals surface area contributed by atoms with Crippen LogP contribution in [0.5, 0.6) is 5.75 Å². The number of amides is 1. The van der Waals surface area contributed by atoms with Gasteiger partial charge in [0.15, 0.2) is 0 Å². The Balaban J connectivity index is 2.12. The van der Waals surface area contributed by atoms with Crippen LogP contribution in [0.15, 0.2) is 48.5 Å². The van der Waals surface area contributed by atoms with E-state index in [1.807, 2.05) is 19.1 Å². The highest BCUT2D eigenvalue weighted by Crippen LogP contribution is 2.26. The van der Waals surface area contributed by atoms with Gasteiger partial charge in [0.1, 0.15) is 5.75 Å². The fourth-order valence-corrected chi connectivity index (χ4v) is 2.38. The van der Waals surface area contributed by atoms with E-state index in [1.54, 1.807) is 36.4 Å². The molecule has 2 aromatic carbocycles. The van der Waals surface area contributed by atoms with E-state index in [4.69, 9.17) is 27.9 Å². The molecule has 5 heteroatoms. The van der Waals surface area contributed by atoms with E-state index in [1.165, 1.54) is 6.08 Å². The quantitative estimate of drug-likeness (QED) is 0.777. The summed E-state index contributed by atoms with van der Waals surface area (Å²) in [7, 11) is 0. The van der Waals surface area contributed by atoms with E-state index in [-0.39, 0.29) is 5.91 Å². The zero-order valence-electron chi connectivity index (χ0n) is 12.0. The Morgan fingerprint density at radius 3 is 2.50 bits per heavy atom. The SMILES string of the molecule is CCOc1ccccc1NC(=O)/C=C/c1c(Cl)cccc1Cl. The molecule has 0 saturated carbocycles. The molecule has 0 bridgehead atoms. The number of ether oxygens (including phenoxy) is 1. The maximum absolute atomic E-state index is 12.0. The first-order chi connectivity index (χ1) is 10.6. The van der Waals surface area contributed by atoms with Gasteiger partial charge < -0.3 is 10.1 Å². The molecule has 2 rings (SSSR count). The molecule has 3 nitrogen and oxygen atoms in total. The van der Waals surface area contributed by atoms with Crippen LogP contribution in [0.2, 0.25) is 10.0 Å². The minimum absolute atomic E-state index is 0.289. The van der Waals surface area contributed by atoms with Gasteiger partial charge in [0.2, 0.25) is 5.91 Å². The second kappa shape index (κ2) is 7.87. The van der Waals surface area contributed by atoms with Crippen molar-refractivity contribution in [2.24, 2.45) is 0 Å². The maximum atomic E-state index is 12.0. The normalized spacial score (nSPS) is 10.7. The molecule has 2 aromatic rings. The summed E-state index contributed by atoms with van der Waals surface area (Å²) in [4.78, 5) is 12.0. The summed E-state index contributed by atoms with van der Waals surface area (Å²) in [6, 6.07) is 12.4. The Morgan fingerprint density at radius 2 is 1.82 bits per heavy atom. The summed E-state index contributed by atoms with van der Waals surface area (Å²) < 4.78 is 5.46. The van der Waals surface area contributed by atoms with Gasteiger partial charge in [-0.15, -0.1) is 0 Å². The molecule has 22 heavy (non-hydrogen) atoms. The Morgan fingerprint density at radius 1 is 1.14 bits per heavy atom. The fraction of sp³-hybridized carbons (Fsp3) is 0.118. The molecule has 0 aliphatic rings. The van der Waals surface area contributed by atoms with Gasteiger partial charge in [-0.25, -0.2) is 0 Å². The van der Waals surface area contributed by atoms with Gasteiger partial charge in [-0.2, -0.15) is 0 Å².